The molecule has 13 heteroatoms. The van der Waals surface area contributed by atoms with Crippen LogP contribution < -0.4 is 11.0 Å². The van der Waals surface area contributed by atoms with E-state index >= 15 is 0 Å². The van der Waals surface area contributed by atoms with Crippen molar-refractivity contribution in [2.75, 3.05) is 19.0 Å². The third kappa shape index (κ3) is 5.92. The second-order valence-corrected chi connectivity index (χ2v) is 7.40. The highest BCUT2D eigenvalue weighted by Gasteiger charge is 2.31. The second kappa shape index (κ2) is 9.92. The summed E-state index contributed by atoms with van der Waals surface area (Å²) in [6, 6.07) is 1.95. The van der Waals surface area contributed by atoms with Crippen molar-refractivity contribution >= 4 is 34.8 Å². The van der Waals surface area contributed by atoms with Crippen LogP contribution >= 0.6 is 23.2 Å². The number of benzene rings is 1. The Morgan fingerprint density at radius 2 is 1.94 bits per heavy atom. The molecule has 1 aromatic carbocycles. The van der Waals surface area contributed by atoms with E-state index in [-0.39, 0.29) is 33.2 Å². The lowest BCUT2D eigenvalue weighted by atomic mass is 10.2. The van der Waals surface area contributed by atoms with Crippen molar-refractivity contribution in [2.45, 2.75) is 46.0 Å². The SMILES string of the molecule is CCON(C)C(=O)C(CC)Nc1cc(-n2nc(C)n(CC(F)(F)F)c2=O)c(Cl)cc1Cl. The van der Waals surface area contributed by atoms with Crippen LogP contribution in [0.15, 0.2) is 16.9 Å². The molecule has 1 atom stereocenters. The maximum Gasteiger partial charge on any atom is 0.406 e. The van der Waals surface area contributed by atoms with E-state index in [0.29, 0.717) is 17.6 Å². The molecule has 0 fully saturated rings. The quantitative estimate of drug-likeness (QED) is 0.577. The number of rotatable bonds is 8. The standard InChI is InChI=1S/C18H22Cl2F3N5O3/c1-5-13(16(29)26(4)31-6-2)24-14-8-15(12(20)7-11(14)19)28-17(30)27(10(3)25-28)9-18(21,22)23/h7-8,13,24H,5-6,9H2,1-4H3. The molecule has 0 aliphatic rings. The number of nitrogens with one attached hydrogen (secondary N) is 1. The molecule has 1 aromatic heterocycles. The van der Waals surface area contributed by atoms with E-state index in [1.807, 2.05) is 0 Å². The third-order valence-corrected chi connectivity index (χ3v) is 4.93. The fourth-order valence-electron chi connectivity index (χ4n) is 2.83. The van der Waals surface area contributed by atoms with Crippen molar-refractivity contribution in [1.82, 2.24) is 19.4 Å². The molecule has 1 amide bonds. The number of hydrogen-bond donors (Lipinski definition) is 1. The summed E-state index contributed by atoms with van der Waals surface area (Å²) in [5.41, 5.74) is -0.742. The number of halogens is 5. The average molecular weight is 484 g/mol. The first-order valence-electron chi connectivity index (χ1n) is 9.29. The van der Waals surface area contributed by atoms with E-state index in [1.165, 1.54) is 26.1 Å². The summed E-state index contributed by atoms with van der Waals surface area (Å²) in [5, 5.41) is 8.11. The van der Waals surface area contributed by atoms with Gasteiger partial charge in [-0.3, -0.25) is 14.2 Å². The minimum absolute atomic E-state index is 0.000109. The Balaban J connectivity index is 2.45. The van der Waals surface area contributed by atoms with Crippen LogP contribution in [-0.4, -0.2) is 51.2 Å². The monoisotopic (exact) mass is 483 g/mol. The van der Waals surface area contributed by atoms with E-state index in [0.717, 1.165) is 9.75 Å². The lowest BCUT2D eigenvalue weighted by Gasteiger charge is -2.24. The van der Waals surface area contributed by atoms with Crippen molar-refractivity contribution in [3.63, 3.8) is 0 Å². The van der Waals surface area contributed by atoms with Gasteiger partial charge in [-0.25, -0.2) is 9.86 Å². The fraction of sp³-hybridized carbons (Fsp3) is 0.500. The Labute approximate surface area is 186 Å². The van der Waals surface area contributed by atoms with E-state index in [1.54, 1.807) is 13.8 Å². The number of hydrogen-bond acceptors (Lipinski definition) is 5. The molecule has 0 spiro atoms. The van der Waals surface area contributed by atoms with Crippen LogP contribution in [-0.2, 0) is 16.2 Å². The highest BCUT2D eigenvalue weighted by molar-refractivity contribution is 6.37. The minimum atomic E-state index is -4.60. The Hall–Kier alpha value is -2.24. The molecular weight excluding hydrogens is 462 g/mol. The summed E-state index contributed by atoms with van der Waals surface area (Å²) >= 11 is 12.4. The average Bonchev–Trinajstić information content (AvgIpc) is 2.94. The summed E-state index contributed by atoms with van der Waals surface area (Å²) in [6.45, 7) is 3.60. The van der Waals surface area contributed by atoms with Crippen LogP contribution in [0.4, 0.5) is 18.9 Å². The first-order valence-corrected chi connectivity index (χ1v) is 10.0. The Morgan fingerprint density at radius 1 is 1.29 bits per heavy atom. The number of carbonyl (C=O) groups excluding carboxylic acids is 1. The molecule has 0 saturated heterocycles. The maximum atomic E-state index is 12.8. The van der Waals surface area contributed by atoms with Crippen molar-refractivity contribution in [3.8, 4) is 5.69 Å². The Bertz CT molecular complexity index is 1010. The number of aryl methyl sites for hydroxylation is 1. The van der Waals surface area contributed by atoms with Crippen molar-refractivity contribution in [3.05, 3.63) is 38.5 Å². The lowest BCUT2D eigenvalue weighted by Crippen LogP contribution is -2.40. The molecule has 1 heterocycles. The normalized spacial score (nSPS) is 12.7. The molecule has 1 N–H and O–H groups in total. The van der Waals surface area contributed by atoms with Gasteiger partial charge in [0.15, 0.2) is 0 Å². The van der Waals surface area contributed by atoms with Gasteiger partial charge in [-0.1, -0.05) is 30.1 Å². The second-order valence-electron chi connectivity index (χ2n) is 6.59. The molecule has 31 heavy (non-hydrogen) atoms. The number of likely N-dealkylation sites (N-methyl/N-ethyl adjacent to an activating group) is 1. The van der Waals surface area contributed by atoms with Crippen molar-refractivity contribution in [1.29, 1.82) is 0 Å². The number of carbonyl (C=O) groups is 1. The number of aromatic nitrogens is 3. The Kier molecular flexibility index (Phi) is 8.01. The first kappa shape index (κ1) is 25.0. The number of alkyl halides is 3. The van der Waals surface area contributed by atoms with Crippen LogP contribution in [0.1, 0.15) is 26.1 Å². The third-order valence-electron chi connectivity index (χ3n) is 4.32. The van der Waals surface area contributed by atoms with Crippen LogP contribution in [0.3, 0.4) is 0 Å². The van der Waals surface area contributed by atoms with Gasteiger partial charge in [-0.2, -0.15) is 23.0 Å². The lowest BCUT2D eigenvalue weighted by molar-refractivity contribution is -0.177. The van der Waals surface area contributed by atoms with Crippen LogP contribution in [0.2, 0.25) is 10.0 Å². The molecule has 2 rings (SSSR count). The number of hydroxylamine groups is 2. The zero-order chi connectivity index (χ0) is 23.5. The zero-order valence-corrected chi connectivity index (χ0v) is 18.8. The maximum absolute atomic E-state index is 12.8. The van der Waals surface area contributed by atoms with Gasteiger partial charge >= 0.3 is 11.9 Å². The van der Waals surface area contributed by atoms with E-state index in [2.05, 4.69) is 10.4 Å². The smallest absolute Gasteiger partial charge is 0.372 e. The molecule has 0 saturated carbocycles. The van der Waals surface area contributed by atoms with E-state index in [4.69, 9.17) is 28.0 Å². The highest BCUT2D eigenvalue weighted by Crippen LogP contribution is 2.32. The number of amides is 1. The largest absolute Gasteiger partial charge is 0.406 e. The van der Waals surface area contributed by atoms with E-state index < -0.39 is 24.5 Å². The molecule has 0 radical (unpaired) electrons. The van der Waals surface area contributed by atoms with Crippen LogP contribution in [0.25, 0.3) is 5.69 Å². The molecule has 0 aliphatic carbocycles. The molecular formula is C18H22Cl2F3N5O3. The predicted octanol–water partition coefficient (Wildman–Crippen LogP) is 3.81. The highest BCUT2D eigenvalue weighted by atomic mass is 35.5. The first-order chi connectivity index (χ1) is 14.4. The van der Waals surface area contributed by atoms with Gasteiger partial charge in [0.1, 0.15) is 18.4 Å². The topological polar surface area (TPSA) is 81.4 Å². The summed E-state index contributed by atoms with van der Waals surface area (Å²) in [7, 11) is 1.47. The van der Waals surface area contributed by atoms with E-state index in [9.17, 15) is 22.8 Å². The molecule has 172 valence electrons. The predicted molar refractivity (Wildman–Crippen MR) is 111 cm³/mol. The molecule has 0 bridgehead atoms. The van der Waals surface area contributed by atoms with Crippen molar-refractivity contribution in [2.24, 2.45) is 0 Å². The van der Waals surface area contributed by atoms with Gasteiger partial charge in [0.05, 0.1) is 28.0 Å². The minimum Gasteiger partial charge on any atom is -0.372 e. The van der Waals surface area contributed by atoms with Crippen LogP contribution in [0, 0.1) is 6.92 Å². The van der Waals surface area contributed by atoms with Crippen LogP contribution in [0.5, 0.6) is 0 Å². The summed E-state index contributed by atoms with van der Waals surface area (Å²) < 4.78 is 39.6. The molecule has 8 nitrogen and oxygen atoms in total. The number of nitrogens with zero attached hydrogens (tertiary/aromatic N) is 4. The molecule has 2 aromatic rings. The van der Waals surface area contributed by atoms with Gasteiger partial charge in [-0.15, -0.1) is 0 Å². The Morgan fingerprint density at radius 3 is 2.48 bits per heavy atom. The zero-order valence-electron chi connectivity index (χ0n) is 17.3. The van der Waals surface area contributed by atoms with Gasteiger partial charge in [-0.05, 0) is 32.4 Å². The summed E-state index contributed by atoms with van der Waals surface area (Å²) in [6.07, 6.45) is -4.22. The van der Waals surface area contributed by atoms with Gasteiger partial charge in [0.2, 0.25) is 0 Å². The van der Waals surface area contributed by atoms with Gasteiger partial charge in [0, 0.05) is 7.05 Å². The molecule has 0 aliphatic heterocycles. The summed E-state index contributed by atoms with van der Waals surface area (Å²) in [4.78, 5) is 30.2. The van der Waals surface area contributed by atoms with Gasteiger partial charge < -0.3 is 5.32 Å². The summed E-state index contributed by atoms with van der Waals surface area (Å²) in [5.74, 6) is -0.498. The van der Waals surface area contributed by atoms with Gasteiger partial charge in [0.25, 0.3) is 5.91 Å². The fourth-order valence-corrected chi connectivity index (χ4v) is 3.34. The van der Waals surface area contributed by atoms with Crippen molar-refractivity contribution < 1.29 is 22.8 Å². The molecule has 1 unspecified atom stereocenters. The number of anilines is 1.